The van der Waals surface area contributed by atoms with E-state index in [0.717, 1.165) is 50.3 Å². The molecule has 6 heteroatoms. The summed E-state index contributed by atoms with van der Waals surface area (Å²) in [7, 11) is 4.08. The van der Waals surface area contributed by atoms with Crippen molar-refractivity contribution in [2.75, 3.05) is 24.3 Å². The minimum atomic E-state index is -0.164. The van der Waals surface area contributed by atoms with Gasteiger partial charge in [-0.25, -0.2) is 4.98 Å². The Morgan fingerprint density at radius 2 is 1.83 bits per heavy atom. The predicted molar refractivity (Wildman–Crippen MR) is 91.6 cm³/mol. The Bertz CT molecular complexity index is 579. The lowest BCUT2D eigenvalue weighted by Gasteiger charge is -2.28. The van der Waals surface area contributed by atoms with Crippen molar-refractivity contribution in [1.82, 2.24) is 9.97 Å². The van der Waals surface area contributed by atoms with Gasteiger partial charge in [0.15, 0.2) is 0 Å². The first kappa shape index (κ1) is 16.0. The highest BCUT2D eigenvalue weighted by atomic mass is 16.1. The summed E-state index contributed by atoms with van der Waals surface area (Å²) < 4.78 is 0. The molecule has 6 nitrogen and oxygen atoms in total. The van der Waals surface area contributed by atoms with E-state index in [1.807, 2.05) is 14.1 Å². The first-order valence-electron chi connectivity index (χ1n) is 8.67. The summed E-state index contributed by atoms with van der Waals surface area (Å²) in [6.07, 6.45) is 8.17. The normalized spacial score (nSPS) is 23.9. The molecule has 3 N–H and O–H groups in total. The van der Waals surface area contributed by atoms with Crippen molar-refractivity contribution in [2.24, 2.45) is 11.7 Å². The molecule has 1 aromatic rings. The second kappa shape index (κ2) is 6.72. The maximum absolute atomic E-state index is 11.3. The van der Waals surface area contributed by atoms with Crippen LogP contribution in [0.15, 0.2) is 0 Å². The summed E-state index contributed by atoms with van der Waals surface area (Å²) >= 11 is 0. The standard InChI is InChI=1S/C17H27N5O/c1-22(2)16-13-5-3-4-6-14(13)20-17(21-16)19-12-9-7-11(8-10-12)15(18)23/h11-12H,3-10H2,1-2H3,(H2,18,23)(H,19,20,21). The monoisotopic (exact) mass is 317 g/mol. The Morgan fingerprint density at radius 1 is 1.13 bits per heavy atom. The summed E-state index contributed by atoms with van der Waals surface area (Å²) in [6.45, 7) is 0. The fraction of sp³-hybridized carbons (Fsp3) is 0.706. The average Bonchev–Trinajstić information content (AvgIpc) is 2.54. The molecule has 1 fully saturated rings. The Labute approximate surface area is 137 Å². The first-order chi connectivity index (χ1) is 11.0. The highest BCUT2D eigenvalue weighted by Crippen LogP contribution is 2.30. The van der Waals surface area contributed by atoms with E-state index < -0.39 is 0 Å². The Hall–Kier alpha value is -1.85. The van der Waals surface area contributed by atoms with Gasteiger partial charge < -0.3 is 16.0 Å². The van der Waals surface area contributed by atoms with Gasteiger partial charge in [-0.05, 0) is 51.4 Å². The van der Waals surface area contributed by atoms with Crippen LogP contribution in [0.5, 0.6) is 0 Å². The van der Waals surface area contributed by atoms with Crippen molar-refractivity contribution in [3.05, 3.63) is 11.3 Å². The molecule has 0 atom stereocenters. The zero-order chi connectivity index (χ0) is 16.4. The van der Waals surface area contributed by atoms with Crippen LogP contribution in [0.4, 0.5) is 11.8 Å². The molecule has 0 bridgehead atoms. The zero-order valence-corrected chi connectivity index (χ0v) is 14.1. The molecular formula is C17H27N5O. The molecule has 2 aliphatic rings. The number of amides is 1. The minimum Gasteiger partial charge on any atom is -0.369 e. The van der Waals surface area contributed by atoms with Crippen LogP contribution in [0.2, 0.25) is 0 Å². The summed E-state index contributed by atoms with van der Waals surface area (Å²) in [5.74, 6) is 1.65. The lowest BCUT2D eigenvalue weighted by molar-refractivity contribution is -0.122. The van der Waals surface area contributed by atoms with E-state index in [1.165, 1.54) is 24.1 Å². The summed E-state index contributed by atoms with van der Waals surface area (Å²) in [4.78, 5) is 22.9. The number of rotatable bonds is 4. The van der Waals surface area contributed by atoms with E-state index in [4.69, 9.17) is 15.7 Å². The van der Waals surface area contributed by atoms with Crippen molar-refractivity contribution in [1.29, 1.82) is 0 Å². The van der Waals surface area contributed by atoms with E-state index in [9.17, 15) is 4.79 Å². The second-order valence-corrected chi connectivity index (χ2v) is 6.99. The van der Waals surface area contributed by atoms with Crippen LogP contribution in [0, 0.1) is 5.92 Å². The molecule has 0 spiro atoms. The summed E-state index contributed by atoms with van der Waals surface area (Å²) in [6, 6.07) is 0.335. The lowest BCUT2D eigenvalue weighted by Crippen LogP contribution is -2.33. The van der Waals surface area contributed by atoms with Gasteiger partial charge in [0, 0.05) is 31.6 Å². The van der Waals surface area contributed by atoms with Crippen LogP contribution in [0.1, 0.15) is 49.8 Å². The molecule has 1 heterocycles. The van der Waals surface area contributed by atoms with Gasteiger partial charge in [0.2, 0.25) is 11.9 Å². The van der Waals surface area contributed by atoms with Gasteiger partial charge in [-0.3, -0.25) is 4.79 Å². The molecule has 1 amide bonds. The minimum absolute atomic E-state index is 0.0369. The highest BCUT2D eigenvalue weighted by molar-refractivity contribution is 5.76. The average molecular weight is 317 g/mol. The molecule has 1 saturated carbocycles. The predicted octanol–water partition coefficient (Wildman–Crippen LogP) is 1.88. The van der Waals surface area contributed by atoms with E-state index in [-0.39, 0.29) is 11.8 Å². The molecule has 0 aliphatic heterocycles. The van der Waals surface area contributed by atoms with Crippen LogP contribution < -0.4 is 16.0 Å². The van der Waals surface area contributed by atoms with Crippen molar-refractivity contribution >= 4 is 17.7 Å². The molecule has 2 aliphatic carbocycles. The lowest BCUT2D eigenvalue weighted by atomic mass is 9.86. The maximum Gasteiger partial charge on any atom is 0.225 e. The number of carbonyl (C=O) groups excluding carboxylic acids is 1. The number of aromatic nitrogens is 2. The third-order valence-electron chi connectivity index (χ3n) is 5.05. The van der Waals surface area contributed by atoms with Crippen LogP contribution in [-0.2, 0) is 17.6 Å². The van der Waals surface area contributed by atoms with Crippen LogP contribution >= 0.6 is 0 Å². The molecule has 0 saturated heterocycles. The number of aryl methyl sites for hydroxylation is 1. The van der Waals surface area contributed by atoms with E-state index >= 15 is 0 Å². The summed E-state index contributed by atoms with van der Waals surface area (Å²) in [5.41, 5.74) is 7.91. The largest absolute Gasteiger partial charge is 0.369 e. The fourth-order valence-corrected chi connectivity index (χ4v) is 3.71. The number of anilines is 2. The van der Waals surface area contributed by atoms with Crippen molar-refractivity contribution in [3.63, 3.8) is 0 Å². The quantitative estimate of drug-likeness (QED) is 0.886. The molecule has 1 aromatic heterocycles. The molecule has 23 heavy (non-hydrogen) atoms. The topological polar surface area (TPSA) is 84.1 Å². The molecular weight excluding hydrogens is 290 g/mol. The maximum atomic E-state index is 11.3. The smallest absolute Gasteiger partial charge is 0.225 e. The van der Waals surface area contributed by atoms with Crippen LogP contribution in [0.25, 0.3) is 0 Å². The van der Waals surface area contributed by atoms with Crippen molar-refractivity contribution < 1.29 is 4.79 Å². The van der Waals surface area contributed by atoms with Gasteiger partial charge in [-0.1, -0.05) is 0 Å². The number of carbonyl (C=O) groups is 1. The SMILES string of the molecule is CN(C)c1nc(NC2CCC(C(N)=O)CC2)nc2c1CCCC2. The molecule has 0 unspecified atom stereocenters. The first-order valence-corrected chi connectivity index (χ1v) is 8.67. The number of hydrogen-bond donors (Lipinski definition) is 2. The highest BCUT2D eigenvalue weighted by Gasteiger charge is 2.26. The third-order valence-corrected chi connectivity index (χ3v) is 5.05. The number of nitrogens with zero attached hydrogens (tertiary/aromatic N) is 3. The number of nitrogens with two attached hydrogens (primary N) is 1. The Balaban J connectivity index is 1.73. The molecule has 0 aromatic carbocycles. The van der Waals surface area contributed by atoms with Gasteiger partial charge in [0.25, 0.3) is 0 Å². The van der Waals surface area contributed by atoms with Gasteiger partial charge in [-0.15, -0.1) is 0 Å². The zero-order valence-electron chi connectivity index (χ0n) is 14.1. The van der Waals surface area contributed by atoms with E-state index in [2.05, 4.69) is 10.2 Å². The van der Waals surface area contributed by atoms with Gasteiger partial charge in [0.1, 0.15) is 5.82 Å². The molecule has 3 rings (SSSR count). The number of fused-ring (bicyclic) bond motifs is 1. The van der Waals surface area contributed by atoms with Gasteiger partial charge >= 0.3 is 0 Å². The molecule has 126 valence electrons. The second-order valence-electron chi connectivity index (χ2n) is 6.99. The number of primary amides is 1. The Morgan fingerprint density at radius 3 is 2.48 bits per heavy atom. The van der Waals surface area contributed by atoms with E-state index in [1.54, 1.807) is 0 Å². The third kappa shape index (κ3) is 3.57. The van der Waals surface area contributed by atoms with Crippen molar-refractivity contribution in [3.8, 4) is 0 Å². The van der Waals surface area contributed by atoms with Gasteiger partial charge in [0.05, 0.1) is 5.69 Å². The van der Waals surface area contributed by atoms with Crippen LogP contribution in [0.3, 0.4) is 0 Å². The van der Waals surface area contributed by atoms with Crippen LogP contribution in [-0.4, -0.2) is 36.0 Å². The molecule has 0 radical (unpaired) electrons. The van der Waals surface area contributed by atoms with Crippen molar-refractivity contribution in [2.45, 2.75) is 57.4 Å². The van der Waals surface area contributed by atoms with E-state index in [0.29, 0.717) is 6.04 Å². The summed E-state index contributed by atoms with van der Waals surface area (Å²) in [5, 5.41) is 3.48. The Kier molecular flexibility index (Phi) is 4.68. The van der Waals surface area contributed by atoms with Gasteiger partial charge in [-0.2, -0.15) is 4.98 Å². The number of nitrogens with one attached hydrogen (secondary N) is 1. The number of hydrogen-bond acceptors (Lipinski definition) is 5. The fourth-order valence-electron chi connectivity index (χ4n) is 3.71.